The highest BCUT2D eigenvalue weighted by Gasteiger charge is 2.37. The topological polar surface area (TPSA) is 99.6 Å². The summed E-state index contributed by atoms with van der Waals surface area (Å²) in [4.78, 5) is 17.3. The number of aliphatic hydroxyl groups excluding tert-OH is 1. The van der Waals surface area contributed by atoms with E-state index in [9.17, 15) is 15.2 Å². The van der Waals surface area contributed by atoms with Gasteiger partial charge >= 0.3 is 5.91 Å². The lowest BCUT2D eigenvalue weighted by molar-refractivity contribution is -0.481. The summed E-state index contributed by atoms with van der Waals surface area (Å²) in [5.41, 5.74) is 1.16. The number of carbonyl (C=O) groups excluding carboxylic acids is 1. The van der Waals surface area contributed by atoms with E-state index in [1.54, 1.807) is 32.0 Å². The van der Waals surface area contributed by atoms with Gasteiger partial charge in [-0.25, -0.2) is 10.1 Å². The molecule has 0 bridgehead atoms. The zero-order chi connectivity index (χ0) is 18.4. The van der Waals surface area contributed by atoms with E-state index in [0.717, 1.165) is 5.56 Å². The molecular formula is C18H21N4O3+. The van der Waals surface area contributed by atoms with Gasteiger partial charge in [0.05, 0.1) is 12.2 Å². The van der Waals surface area contributed by atoms with Crippen LogP contribution in [0.3, 0.4) is 0 Å². The highest BCUT2D eigenvalue weighted by atomic mass is 16.6. The second kappa shape index (κ2) is 8.02. The molecule has 3 N–H and O–H groups in total. The first-order chi connectivity index (χ1) is 12.0. The van der Waals surface area contributed by atoms with Crippen molar-refractivity contribution in [1.29, 1.82) is 5.26 Å². The summed E-state index contributed by atoms with van der Waals surface area (Å²) in [5.74, 6) is -0.450. The minimum Gasteiger partial charge on any atom is -0.480 e. The van der Waals surface area contributed by atoms with E-state index in [4.69, 9.17) is 4.74 Å². The fourth-order valence-corrected chi connectivity index (χ4v) is 2.36. The van der Waals surface area contributed by atoms with E-state index in [0.29, 0.717) is 11.5 Å². The van der Waals surface area contributed by atoms with Crippen molar-refractivity contribution in [1.82, 2.24) is 10.2 Å². The van der Waals surface area contributed by atoms with Crippen LogP contribution < -0.4 is 10.3 Å². The average molecular weight is 341 g/mol. The number of allylic oxidation sites excluding steroid dienone is 1. The molecule has 0 saturated heterocycles. The van der Waals surface area contributed by atoms with Gasteiger partial charge in [-0.1, -0.05) is 18.2 Å². The molecule has 25 heavy (non-hydrogen) atoms. The molecule has 1 atom stereocenters. The summed E-state index contributed by atoms with van der Waals surface area (Å²) in [6, 6.07) is 10.6. The summed E-state index contributed by atoms with van der Waals surface area (Å²) in [6.45, 7) is 1.92. The van der Waals surface area contributed by atoms with Crippen molar-refractivity contribution in [3.05, 3.63) is 59.2 Å². The molecular weight excluding hydrogens is 320 g/mol. The largest absolute Gasteiger partial charge is 0.480 e. The van der Waals surface area contributed by atoms with Crippen molar-refractivity contribution < 1.29 is 19.6 Å². The number of carbonyl (C=O) groups is 1. The molecule has 7 nitrogen and oxygen atoms in total. The molecule has 1 aromatic carbocycles. The van der Waals surface area contributed by atoms with Gasteiger partial charge in [0.1, 0.15) is 11.8 Å². The van der Waals surface area contributed by atoms with Gasteiger partial charge in [0.2, 0.25) is 0 Å². The van der Waals surface area contributed by atoms with Crippen molar-refractivity contribution in [2.75, 3.05) is 20.7 Å². The summed E-state index contributed by atoms with van der Waals surface area (Å²) >= 11 is 0. The van der Waals surface area contributed by atoms with E-state index >= 15 is 0 Å². The molecule has 130 valence electrons. The molecule has 1 aromatic rings. The first-order valence-corrected chi connectivity index (χ1v) is 7.83. The molecule has 1 aliphatic rings. The number of amides is 1. The molecule has 0 aromatic heterocycles. The summed E-state index contributed by atoms with van der Waals surface area (Å²) in [7, 11) is 3.46. The van der Waals surface area contributed by atoms with Crippen LogP contribution in [0.2, 0.25) is 0 Å². The third-order valence-corrected chi connectivity index (χ3v) is 3.59. The van der Waals surface area contributed by atoms with E-state index < -0.39 is 17.9 Å². The molecule has 0 aliphatic carbocycles. The number of amidine groups is 1. The number of nitrogens with zero attached hydrogens (tertiary/aromatic N) is 2. The quantitative estimate of drug-likeness (QED) is 0.391. The lowest BCUT2D eigenvalue weighted by Crippen LogP contribution is -2.86. The number of ether oxygens (including phenoxy) is 1. The van der Waals surface area contributed by atoms with Crippen LogP contribution in [0.5, 0.6) is 0 Å². The number of nitrogens with one attached hydrogen (secondary N) is 2. The number of rotatable bonds is 5. The maximum atomic E-state index is 12.5. The predicted molar refractivity (Wildman–Crippen MR) is 92.1 cm³/mol. The van der Waals surface area contributed by atoms with Crippen LogP contribution in [0.25, 0.3) is 0 Å². The van der Waals surface area contributed by atoms with Crippen molar-refractivity contribution >= 4 is 11.7 Å². The maximum absolute atomic E-state index is 12.5. The van der Waals surface area contributed by atoms with Gasteiger partial charge in [-0.05, 0) is 25.1 Å². The Morgan fingerprint density at radius 3 is 2.68 bits per heavy atom. The monoisotopic (exact) mass is 341 g/mol. The van der Waals surface area contributed by atoms with Crippen LogP contribution in [0, 0.1) is 11.3 Å². The standard InChI is InChI=1S/C18H20N4O3/c1-4-25-18(24)15-14(10-13(11-19)22(2)3)20-16(21-17(15)23)12-8-6-5-7-9-12/h5-10,14,24H,4H2,1-3H3,(H,20,21,23)/p+1/b13-10-,18-15?/t14-/m1/s1. The number of nitriles is 1. The SMILES string of the molecule is CCOC(O)=C1C(=O)NC(c2ccccc2)=[NH+][C@@H]1/C=C(/C#N)N(C)C. The normalized spacial score (nSPS) is 19.4. The lowest BCUT2D eigenvalue weighted by atomic mass is 10.0. The van der Waals surface area contributed by atoms with Crippen LogP contribution in [-0.2, 0) is 9.53 Å². The molecule has 0 saturated carbocycles. The Hall–Kier alpha value is -3.27. The third kappa shape index (κ3) is 4.18. The summed E-state index contributed by atoms with van der Waals surface area (Å²) < 4.78 is 5.10. The van der Waals surface area contributed by atoms with E-state index in [1.807, 2.05) is 30.3 Å². The lowest BCUT2D eigenvalue weighted by Gasteiger charge is -2.19. The van der Waals surface area contributed by atoms with Gasteiger partial charge in [0, 0.05) is 14.1 Å². The first-order valence-electron chi connectivity index (χ1n) is 7.83. The number of hydrogen-bond acceptors (Lipinski definition) is 5. The van der Waals surface area contributed by atoms with Crippen LogP contribution in [0.4, 0.5) is 0 Å². The van der Waals surface area contributed by atoms with Crippen molar-refractivity contribution in [2.45, 2.75) is 13.0 Å². The van der Waals surface area contributed by atoms with E-state index in [-0.39, 0.29) is 12.2 Å². The summed E-state index contributed by atoms with van der Waals surface area (Å²) in [5, 5.41) is 22.1. The Labute approximate surface area is 146 Å². The Morgan fingerprint density at radius 2 is 2.12 bits per heavy atom. The Kier molecular flexibility index (Phi) is 5.79. The summed E-state index contributed by atoms with van der Waals surface area (Å²) in [6.07, 6.45) is 1.58. The second-order valence-electron chi connectivity index (χ2n) is 5.53. The van der Waals surface area contributed by atoms with Gasteiger partial charge in [0.15, 0.2) is 11.6 Å². The minimum atomic E-state index is -0.715. The second-order valence-corrected chi connectivity index (χ2v) is 5.53. The smallest absolute Gasteiger partial charge is 0.346 e. The van der Waals surface area contributed by atoms with Crippen molar-refractivity contribution in [3.8, 4) is 6.07 Å². The molecule has 0 radical (unpaired) electrons. The van der Waals surface area contributed by atoms with Crippen LogP contribution in [0.15, 0.2) is 53.6 Å². The van der Waals surface area contributed by atoms with Crippen LogP contribution in [-0.4, -0.2) is 48.5 Å². The van der Waals surface area contributed by atoms with Crippen LogP contribution >= 0.6 is 0 Å². The van der Waals surface area contributed by atoms with Crippen molar-refractivity contribution in [2.24, 2.45) is 0 Å². The van der Waals surface area contributed by atoms with E-state index in [2.05, 4.69) is 16.4 Å². The highest BCUT2D eigenvalue weighted by molar-refractivity contribution is 6.12. The Balaban J connectivity index is 2.57. The van der Waals surface area contributed by atoms with Crippen molar-refractivity contribution in [3.63, 3.8) is 0 Å². The Bertz CT molecular complexity index is 773. The van der Waals surface area contributed by atoms with Gasteiger partial charge < -0.3 is 14.7 Å². The third-order valence-electron chi connectivity index (χ3n) is 3.59. The number of aliphatic hydroxyl groups is 1. The van der Waals surface area contributed by atoms with E-state index in [1.165, 1.54) is 0 Å². The molecule has 1 amide bonds. The number of benzene rings is 1. The fourth-order valence-electron chi connectivity index (χ4n) is 2.36. The van der Waals surface area contributed by atoms with Gasteiger partial charge in [-0.3, -0.25) is 4.99 Å². The molecule has 7 heteroatoms. The minimum absolute atomic E-state index is 0.0242. The fraction of sp³-hybridized carbons (Fsp3) is 0.278. The number of hydrogen-bond donors (Lipinski definition) is 3. The zero-order valence-electron chi connectivity index (χ0n) is 14.4. The molecule has 1 heterocycles. The van der Waals surface area contributed by atoms with Gasteiger partial charge in [0.25, 0.3) is 11.8 Å². The zero-order valence-corrected chi connectivity index (χ0v) is 14.4. The molecule has 1 aliphatic heterocycles. The van der Waals surface area contributed by atoms with Gasteiger partial charge in [-0.15, -0.1) is 0 Å². The maximum Gasteiger partial charge on any atom is 0.346 e. The first kappa shape index (κ1) is 18.1. The molecule has 2 rings (SSSR count). The van der Waals surface area contributed by atoms with Gasteiger partial charge in [-0.2, -0.15) is 5.26 Å². The molecule has 0 unspecified atom stereocenters. The predicted octanol–water partition coefficient (Wildman–Crippen LogP) is -0.213. The Morgan fingerprint density at radius 1 is 1.44 bits per heavy atom. The average Bonchev–Trinajstić information content (AvgIpc) is 2.59. The van der Waals surface area contributed by atoms with Crippen LogP contribution in [0.1, 0.15) is 12.5 Å². The molecule has 0 spiro atoms. The highest BCUT2D eigenvalue weighted by Crippen LogP contribution is 2.13. The molecule has 0 fully saturated rings.